The van der Waals surface area contributed by atoms with Crippen molar-refractivity contribution in [2.45, 2.75) is 33.1 Å². The van der Waals surface area contributed by atoms with Gasteiger partial charge in [-0.2, -0.15) is 0 Å². The van der Waals surface area contributed by atoms with Gasteiger partial charge >= 0.3 is 11.9 Å². The summed E-state index contributed by atoms with van der Waals surface area (Å²) in [7, 11) is 0. The standard InChI is InChI=1S/C22H22N2O4/c1-3-4-16-5-7-18(8-6-16)22(26)28-20-13-23-21(24-14-20)17-9-11-19(12-10-17)27-15(2)25/h5-7,9-14,18H,3-4,8H2,1-2H3. The van der Waals surface area contributed by atoms with E-state index >= 15 is 0 Å². The zero-order valence-corrected chi connectivity index (χ0v) is 15.9. The Bertz CT molecular complexity index is 899. The first kappa shape index (κ1) is 19.5. The minimum absolute atomic E-state index is 0.283. The normalized spacial score (nSPS) is 15.6. The highest BCUT2D eigenvalue weighted by atomic mass is 16.5. The number of nitrogens with zero attached hydrogens (tertiary/aromatic N) is 2. The molecule has 144 valence electrons. The third-order valence-electron chi connectivity index (χ3n) is 4.24. The molecule has 6 nitrogen and oxygen atoms in total. The molecule has 1 aromatic heterocycles. The van der Waals surface area contributed by atoms with E-state index in [9.17, 15) is 9.59 Å². The van der Waals surface area contributed by atoms with E-state index in [0.29, 0.717) is 23.7 Å². The number of carbonyl (C=O) groups is 2. The van der Waals surface area contributed by atoms with Crippen molar-refractivity contribution in [3.05, 3.63) is 60.5 Å². The molecule has 3 rings (SSSR count). The topological polar surface area (TPSA) is 78.4 Å². The quantitative estimate of drug-likeness (QED) is 0.551. The average molecular weight is 378 g/mol. The number of ether oxygens (including phenoxy) is 2. The van der Waals surface area contributed by atoms with Crippen LogP contribution in [0.3, 0.4) is 0 Å². The third kappa shape index (κ3) is 5.13. The number of esters is 2. The number of hydrogen-bond donors (Lipinski definition) is 0. The molecule has 0 radical (unpaired) electrons. The SMILES string of the molecule is CCCC1=CCC(C(=O)Oc2cnc(-c3ccc(OC(C)=O)cc3)nc2)C=C1. The number of aromatic nitrogens is 2. The molecule has 2 aromatic rings. The van der Waals surface area contributed by atoms with Crippen LogP contribution >= 0.6 is 0 Å². The van der Waals surface area contributed by atoms with Crippen LogP contribution in [0.1, 0.15) is 33.1 Å². The number of benzene rings is 1. The maximum absolute atomic E-state index is 12.3. The van der Waals surface area contributed by atoms with E-state index in [0.717, 1.165) is 18.4 Å². The smallest absolute Gasteiger partial charge is 0.318 e. The summed E-state index contributed by atoms with van der Waals surface area (Å²) in [5, 5.41) is 0. The van der Waals surface area contributed by atoms with Crippen molar-refractivity contribution in [2.75, 3.05) is 0 Å². The van der Waals surface area contributed by atoms with Gasteiger partial charge in [0.15, 0.2) is 11.6 Å². The van der Waals surface area contributed by atoms with E-state index in [1.165, 1.54) is 24.9 Å². The van der Waals surface area contributed by atoms with Gasteiger partial charge in [-0.05, 0) is 37.1 Å². The van der Waals surface area contributed by atoms with E-state index in [2.05, 4.69) is 23.0 Å². The summed E-state index contributed by atoms with van der Waals surface area (Å²) >= 11 is 0. The molecular formula is C22H22N2O4. The molecule has 0 bridgehead atoms. The molecule has 0 aliphatic heterocycles. The minimum atomic E-state index is -0.375. The maximum Gasteiger partial charge on any atom is 0.318 e. The van der Waals surface area contributed by atoms with Gasteiger partial charge in [-0.15, -0.1) is 0 Å². The lowest BCUT2D eigenvalue weighted by molar-refractivity contribution is -0.137. The fraction of sp³-hybridized carbons (Fsp3) is 0.273. The summed E-state index contributed by atoms with van der Waals surface area (Å²) in [6.07, 6.45) is 11.7. The van der Waals surface area contributed by atoms with E-state index in [-0.39, 0.29) is 17.9 Å². The van der Waals surface area contributed by atoms with Gasteiger partial charge in [-0.1, -0.05) is 37.1 Å². The molecule has 6 heteroatoms. The first-order valence-corrected chi connectivity index (χ1v) is 9.25. The van der Waals surface area contributed by atoms with Crippen LogP contribution in [0, 0.1) is 5.92 Å². The molecule has 28 heavy (non-hydrogen) atoms. The summed E-state index contributed by atoms with van der Waals surface area (Å²) in [4.78, 5) is 31.8. The monoisotopic (exact) mass is 378 g/mol. The van der Waals surface area contributed by atoms with E-state index in [1.807, 2.05) is 12.2 Å². The average Bonchev–Trinajstić information content (AvgIpc) is 2.69. The van der Waals surface area contributed by atoms with Crippen LogP contribution in [-0.2, 0) is 9.59 Å². The Hall–Kier alpha value is -3.28. The van der Waals surface area contributed by atoms with Crippen molar-refractivity contribution < 1.29 is 19.1 Å². The Morgan fingerprint density at radius 1 is 1.07 bits per heavy atom. The van der Waals surface area contributed by atoms with Crippen LogP contribution in [0.4, 0.5) is 0 Å². The van der Waals surface area contributed by atoms with Gasteiger partial charge in [0, 0.05) is 12.5 Å². The second-order valence-corrected chi connectivity index (χ2v) is 6.51. The number of carbonyl (C=O) groups excluding carboxylic acids is 2. The lowest BCUT2D eigenvalue weighted by Gasteiger charge is -2.15. The van der Waals surface area contributed by atoms with Gasteiger partial charge in [-0.25, -0.2) is 9.97 Å². The van der Waals surface area contributed by atoms with Gasteiger partial charge in [0.1, 0.15) is 5.75 Å². The van der Waals surface area contributed by atoms with Crippen LogP contribution < -0.4 is 9.47 Å². The molecule has 1 aromatic carbocycles. The van der Waals surface area contributed by atoms with Crippen molar-refractivity contribution in [1.29, 1.82) is 0 Å². The number of hydrogen-bond acceptors (Lipinski definition) is 6. The second kappa shape index (κ2) is 9.08. The van der Waals surface area contributed by atoms with Crippen LogP contribution in [0.5, 0.6) is 11.5 Å². The minimum Gasteiger partial charge on any atom is -0.427 e. The predicted octanol–water partition coefficient (Wildman–Crippen LogP) is 4.28. The fourth-order valence-electron chi connectivity index (χ4n) is 2.86. The molecule has 1 aliphatic rings. The highest BCUT2D eigenvalue weighted by molar-refractivity contribution is 5.77. The zero-order valence-electron chi connectivity index (χ0n) is 15.9. The molecule has 1 unspecified atom stereocenters. The van der Waals surface area contributed by atoms with E-state index in [1.54, 1.807) is 24.3 Å². The zero-order chi connectivity index (χ0) is 19.9. The predicted molar refractivity (Wildman–Crippen MR) is 105 cm³/mol. The Morgan fingerprint density at radius 2 is 1.79 bits per heavy atom. The lowest BCUT2D eigenvalue weighted by atomic mass is 9.95. The number of allylic oxidation sites excluding steroid dienone is 3. The van der Waals surface area contributed by atoms with Crippen LogP contribution in [-0.4, -0.2) is 21.9 Å². The molecule has 0 spiro atoms. The van der Waals surface area contributed by atoms with Gasteiger partial charge in [0.25, 0.3) is 0 Å². The molecule has 0 N–H and O–H groups in total. The molecule has 1 heterocycles. The summed E-state index contributed by atoms with van der Waals surface area (Å²) in [5.41, 5.74) is 2.02. The molecule has 1 aliphatic carbocycles. The largest absolute Gasteiger partial charge is 0.427 e. The molecular weight excluding hydrogens is 356 g/mol. The van der Waals surface area contributed by atoms with Crippen molar-refractivity contribution in [1.82, 2.24) is 9.97 Å². The van der Waals surface area contributed by atoms with Crippen molar-refractivity contribution in [2.24, 2.45) is 5.92 Å². The summed E-state index contributed by atoms with van der Waals surface area (Å²) in [5.74, 6) is 0.277. The van der Waals surface area contributed by atoms with E-state index in [4.69, 9.17) is 9.47 Å². The highest BCUT2D eigenvalue weighted by Gasteiger charge is 2.19. The first-order valence-electron chi connectivity index (χ1n) is 9.25. The lowest BCUT2D eigenvalue weighted by Crippen LogP contribution is -2.20. The van der Waals surface area contributed by atoms with Gasteiger partial charge < -0.3 is 9.47 Å². The Morgan fingerprint density at radius 3 is 2.36 bits per heavy atom. The summed E-state index contributed by atoms with van der Waals surface area (Å²) in [6.45, 7) is 3.48. The summed E-state index contributed by atoms with van der Waals surface area (Å²) < 4.78 is 10.4. The van der Waals surface area contributed by atoms with Crippen LogP contribution in [0.15, 0.2) is 60.5 Å². The fourth-order valence-corrected chi connectivity index (χ4v) is 2.86. The van der Waals surface area contributed by atoms with Crippen molar-refractivity contribution in [3.8, 4) is 22.9 Å². The first-order chi connectivity index (χ1) is 13.5. The van der Waals surface area contributed by atoms with Crippen molar-refractivity contribution in [3.63, 3.8) is 0 Å². The van der Waals surface area contributed by atoms with Crippen molar-refractivity contribution >= 4 is 11.9 Å². The molecule has 0 fully saturated rings. The molecule has 0 amide bonds. The Balaban J connectivity index is 1.59. The van der Waals surface area contributed by atoms with Gasteiger partial charge in [0.2, 0.25) is 0 Å². The van der Waals surface area contributed by atoms with Crippen LogP contribution in [0.25, 0.3) is 11.4 Å². The van der Waals surface area contributed by atoms with Crippen LogP contribution in [0.2, 0.25) is 0 Å². The Kier molecular flexibility index (Phi) is 6.32. The maximum atomic E-state index is 12.3. The highest BCUT2D eigenvalue weighted by Crippen LogP contribution is 2.23. The van der Waals surface area contributed by atoms with Gasteiger partial charge in [-0.3, -0.25) is 9.59 Å². The second-order valence-electron chi connectivity index (χ2n) is 6.51. The summed E-state index contributed by atoms with van der Waals surface area (Å²) in [6, 6.07) is 6.85. The molecule has 0 saturated heterocycles. The number of rotatable bonds is 6. The third-order valence-corrected chi connectivity index (χ3v) is 4.24. The van der Waals surface area contributed by atoms with Gasteiger partial charge in [0.05, 0.1) is 18.3 Å². The molecule has 1 atom stereocenters. The van der Waals surface area contributed by atoms with E-state index < -0.39 is 0 Å². The Labute approximate surface area is 163 Å². The molecule has 0 saturated carbocycles.